The molecule has 0 aliphatic heterocycles. The van der Waals surface area contributed by atoms with Gasteiger partial charge in [-0.2, -0.15) is 0 Å². The first-order chi connectivity index (χ1) is 20.3. The van der Waals surface area contributed by atoms with Crippen LogP contribution in [0.5, 0.6) is 11.5 Å². The van der Waals surface area contributed by atoms with Gasteiger partial charge in [0.2, 0.25) is 0 Å². The van der Waals surface area contributed by atoms with E-state index in [4.69, 9.17) is 9.98 Å². The molecule has 0 radical (unpaired) electrons. The predicted molar refractivity (Wildman–Crippen MR) is 181 cm³/mol. The zero-order valence-electron chi connectivity index (χ0n) is 26.9. The van der Waals surface area contributed by atoms with E-state index in [-0.39, 0.29) is 0 Å². The van der Waals surface area contributed by atoms with Crippen LogP contribution in [0.15, 0.2) is 46.4 Å². The summed E-state index contributed by atoms with van der Waals surface area (Å²) in [6, 6.07) is 12.6. The van der Waals surface area contributed by atoms with Crippen molar-refractivity contribution in [3.05, 3.63) is 80.9 Å². The number of hydrogen-bond donors (Lipinski definition) is 2. The van der Waals surface area contributed by atoms with E-state index in [9.17, 15) is 10.2 Å². The van der Waals surface area contributed by atoms with Crippen LogP contribution in [0.1, 0.15) is 124 Å². The van der Waals surface area contributed by atoms with Crippen molar-refractivity contribution in [2.75, 3.05) is 0 Å². The van der Waals surface area contributed by atoms with Crippen molar-refractivity contribution in [3.8, 4) is 11.5 Å². The Bertz CT molecular complexity index is 1270. The van der Waals surface area contributed by atoms with E-state index in [0.29, 0.717) is 11.5 Å². The normalized spacial score (nSPS) is 11.8. The minimum absolute atomic E-state index is 0.330. The highest BCUT2D eigenvalue weighted by Crippen LogP contribution is 2.36. The zero-order valence-corrected chi connectivity index (χ0v) is 26.9. The van der Waals surface area contributed by atoms with Gasteiger partial charge in [0.1, 0.15) is 11.5 Å². The fraction of sp³-hybridized carbons (Fsp3) is 0.474. The Balaban J connectivity index is 2.04. The number of aryl methyl sites for hydroxylation is 6. The first-order valence-corrected chi connectivity index (χ1v) is 16.2. The summed E-state index contributed by atoms with van der Waals surface area (Å²) in [5.41, 5.74) is 9.62. The van der Waals surface area contributed by atoms with Crippen LogP contribution in [0.3, 0.4) is 0 Å². The third-order valence-corrected chi connectivity index (χ3v) is 8.01. The molecule has 3 rings (SSSR count). The number of phenols is 2. The summed E-state index contributed by atoms with van der Waals surface area (Å²) >= 11 is 0. The third kappa shape index (κ3) is 9.05. The number of nitrogens with zero attached hydrogens (tertiary/aromatic N) is 2. The summed E-state index contributed by atoms with van der Waals surface area (Å²) < 4.78 is 0. The van der Waals surface area contributed by atoms with Gasteiger partial charge in [-0.1, -0.05) is 77.6 Å². The minimum Gasteiger partial charge on any atom is -0.507 e. The van der Waals surface area contributed by atoms with Crippen molar-refractivity contribution in [3.63, 3.8) is 0 Å². The number of rotatable bonds is 16. The Kier molecular flexibility index (Phi) is 13.3. The van der Waals surface area contributed by atoms with Crippen LogP contribution in [0.4, 0.5) is 11.4 Å². The van der Waals surface area contributed by atoms with E-state index >= 15 is 0 Å². The number of aliphatic imine (C=N–C) groups is 2. The maximum atomic E-state index is 11.1. The van der Waals surface area contributed by atoms with Gasteiger partial charge >= 0.3 is 0 Å². The van der Waals surface area contributed by atoms with E-state index in [1.54, 1.807) is 12.4 Å². The molecule has 0 aliphatic rings. The van der Waals surface area contributed by atoms with Crippen molar-refractivity contribution in [2.45, 2.75) is 119 Å². The van der Waals surface area contributed by atoms with Crippen molar-refractivity contribution in [1.29, 1.82) is 0 Å². The van der Waals surface area contributed by atoms with Gasteiger partial charge in [-0.3, -0.25) is 9.98 Å². The Morgan fingerprint density at radius 2 is 0.905 bits per heavy atom. The van der Waals surface area contributed by atoms with E-state index < -0.39 is 0 Å². The Morgan fingerprint density at radius 3 is 1.26 bits per heavy atom. The monoisotopic (exact) mass is 568 g/mol. The Morgan fingerprint density at radius 1 is 0.548 bits per heavy atom. The van der Waals surface area contributed by atoms with Crippen LogP contribution in [0, 0.1) is 13.8 Å². The van der Waals surface area contributed by atoms with Gasteiger partial charge in [0.05, 0.1) is 11.4 Å². The molecule has 0 spiro atoms. The molecule has 0 fully saturated rings. The topological polar surface area (TPSA) is 65.2 Å². The maximum absolute atomic E-state index is 11.1. The van der Waals surface area contributed by atoms with Gasteiger partial charge in [-0.25, -0.2) is 0 Å². The number of benzene rings is 3. The van der Waals surface area contributed by atoms with E-state index in [2.05, 4.69) is 64.1 Å². The molecular formula is C38H52N2O2. The second-order valence-electron chi connectivity index (χ2n) is 11.7. The molecule has 3 aromatic carbocycles. The van der Waals surface area contributed by atoms with Crippen molar-refractivity contribution in [1.82, 2.24) is 0 Å². The molecule has 0 heterocycles. The third-order valence-electron chi connectivity index (χ3n) is 8.01. The quantitative estimate of drug-likeness (QED) is 0.169. The molecule has 0 saturated carbocycles. The molecule has 0 aliphatic carbocycles. The lowest BCUT2D eigenvalue weighted by atomic mass is 9.97. The molecule has 4 heteroatoms. The second kappa shape index (κ2) is 16.9. The average Bonchev–Trinajstić information content (AvgIpc) is 2.99. The van der Waals surface area contributed by atoms with Crippen molar-refractivity contribution < 1.29 is 10.2 Å². The van der Waals surface area contributed by atoms with Gasteiger partial charge < -0.3 is 10.2 Å². The molecule has 0 amide bonds. The number of phenolic OH excluding ortho intramolecular Hbond substituents is 2. The van der Waals surface area contributed by atoms with E-state index in [1.165, 1.54) is 11.1 Å². The van der Waals surface area contributed by atoms with Crippen LogP contribution in [0.25, 0.3) is 0 Å². The summed E-state index contributed by atoms with van der Waals surface area (Å²) in [6.45, 7) is 12.8. The standard InChI is InChI=1S/C38H52N2O2/c1-7-11-15-29-21-31(17-13-9-3)37(41)33(23-29)25-39-35-27(5)19-20-28(6)36(35)40-26-34-24-30(16-12-8-2)22-32(38(34)42)18-14-10-4/h19-26,41-42H,7-18H2,1-6H3. The number of aromatic hydroxyl groups is 2. The van der Waals surface area contributed by atoms with E-state index in [0.717, 1.165) is 122 Å². The van der Waals surface area contributed by atoms with Gasteiger partial charge in [0.25, 0.3) is 0 Å². The SMILES string of the molecule is CCCCc1cc(C=Nc2c(C)ccc(C)c2N=Cc2cc(CCCC)cc(CCCC)c2O)c(O)c(CCCC)c1. The average molecular weight is 569 g/mol. The molecular weight excluding hydrogens is 516 g/mol. The minimum atomic E-state index is 0.330. The number of unbranched alkanes of at least 4 members (excludes halogenated alkanes) is 4. The highest BCUT2D eigenvalue weighted by molar-refractivity contribution is 5.91. The Hall–Kier alpha value is -3.40. The van der Waals surface area contributed by atoms with Crippen LogP contribution < -0.4 is 0 Å². The van der Waals surface area contributed by atoms with Gasteiger partial charge in [0, 0.05) is 23.6 Å². The van der Waals surface area contributed by atoms with Crippen LogP contribution in [-0.2, 0) is 25.7 Å². The van der Waals surface area contributed by atoms with Crippen LogP contribution in [0.2, 0.25) is 0 Å². The van der Waals surface area contributed by atoms with Gasteiger partial charge in [-0.15, -0.1) is 0 Å². The molecule has 3 aromatic rings. The van der Waals surface area contributed by atoms with Crippen molar-refractivity contribution >= 4 is 23.8 Å². The highest BCUT2D eigenvalue weighted by atomic mass is 16.3. The summed E-state index contributed by atoms with van der Waals surface area (Å²) in [5, 5.41) is 22.3. The van der Waals surface area contributed by atoms with Gasteiger partial charge in [-0.05, 0) is 111 Å². The molecule has 0 bridgehead atoms. The fourth-order valence-electron chi connectivity index (χ4n) is 5.31. The summed E-state index contributed by atoms with van der Waals surface area (Å²) in [5.74, 6) is 0.660. The predicted octanol–water partition coefficient (Wildman–Crippen LogP) is 10.6. The zero-order chi connectivity index (χ0) is 30.5. The van der Waals surface area contributed by atoms with Crippen LogP contribution in [-0.4, -0.2) is 22.6 Å². The first kappa shape index (κ1) is 33.1. The maximum Gasteiger partial charge on any atom is 0.127 e. The number of hydrogen-bond acceptors (Lipinski definition) is 4. The summed E-state index contributed by atoms with van der Waals surface area (Å²) in [6.07, 6.45) is 16.1. The largest absolute Gasteiger partial charge is 0.507 e. The molecule has 0 aromatic heterocycles. The molecule has 0 unspecified atom stereocenters. The van der Waals surface area contributed by atoms with E-state index in [1.807, 2.05) is 13.8 Å². The smallest absolute Gasteiger partial charge is 0.127 e. The fourth-order valence-corrected chi connectivity index (χ4v) is 5.31. The first-order valence-electron chi connectivity index (χ1n) is 16.2. The lowest BCUT2D eigenvalue weighted by molar-refractivity contribution is 0.465. The van der Waals surface area contributed by atoms with Crippen LogP contribution >= 0.6 is 0 Å². The summed E-state index contributed by atoms with van der Waals surface area (Å²) in [7, 11) is 0. The lowest BCUT2D eigenvalue weighted by Crippen LogP contribution is -1.96. The molecule has 42 heavy (non-hydrogen) atoms. The molecule has 2 N–H and O–H groups in total. The molecule has 0 saturated heterocycles. The Labute approximate surface area is 254 Å². The highest BCUT2D eigenvalue weighted by Gasteiger charge is 2.13. The molecule has 0 atom stereocenters. The lowest BCUT2D eigenvalue weighted by Gasteiger charge is -2.13. The van der Waals surface area contributed by atoms with Crippen molar-refractivity contribution in [2.24, 2.45) is 9.98 Å². The second-order valence-corrected chi connectivity index (χ2v) is 11.7. The van der Waals surface area contributed by atoms with Gasteiger partial charge in [0.15, 0.2) is 0 Å². The molecule has 226 valence electrons. The summed E-state index contributed by atoms with van der Waals surface area (Å²) in [4.78, 5) is 9.86. The molecule has 4 nitrogen and oxygen atoms in total.